The molecule has 1 amide bonds. The highest BCUT2D eigenvalue weighted by Crippen LogP contribution is 2.25. The van der Waals surface area contributed by atoms with Gasteiger partial charge in [-0.15, -0.1) is 0 Å². The first-order chi connectivity index (χ1) is 11.5. The monoisotopic (exact) mass is 348 g/mol. The van der Waals surface area contributed by atoms with Crippen molar-refractivity contribution in [2.24, 2.45) is 0 Å². The molecule has 24 heavy (non-hydrogen) atoms. The van der Waals surface area contributed by atoms with Gasteiger partial charge in [-0.05, 0) is 18.6 Å². The molecule has 0 atom stereocenters. The minimum absolute atomic E-state index is 0.337. The van der Waals surface area contributed by atoms with Crippen molar-refractivity contribution < 1.29 is 4.79 Å². The Kier molecular flexibility index (Phi) is 6.20. The molecule has 0 aliphatic carbocycles. The number of amides is 1. The van der Waals surface area contributed by atoms with E-state index in [1.54, 1.807) is 24.3 Å². The number of nitrogens with two attached hydrogens (primary N) is 1. The van der Waals surface area contributed by atoms with E-state index in [-0.39, 0.29) is 5.91 Å². The average Bonchev–Trinajstić information content (AvgIpc) is 2.59. The summed E-state index contributed by atoms with van der Waals surface area (Å²) < 4.78 is 0. The Hall–Kier alpha value is -2.54. The number of benzene rings is 1. The summed E-state index contributed by atoms with van der Waals surface area (Å²) >= 11 is 6.00. The summed E-state index contributed by atoms with van der Waals surface area (Å²) in [6.07, 6.45) is 3.51. The van der Waals surface area contributed by atoms with Crippen molar-refractivity contribution in [3.63, 3.8) is 0 Å². The average molecular weight is 349 g/mol. The molecule has 1 heterocycles. The van der Waals surface area contributed by atoms with Crippen molar-refractivity contribution in [1.29, 1.82) is 0 Å². The molecule has 1 aromatic carbocycles. The standard InChI is InChI=1S/C16H21ClN6O/c1-3-4-9-23(2)15-13(18)14(19-10-20-15)21-22-16(24)11-7-5-6-8-12(11)17/h5-8,10H,3-4,9,18H2,1-2H3,(H,22,24)(H,19,20,21). The molecule has 0 unspecified atom stereocenters. The first kappa shape index (κ1) is 17.8. The normalized spacial score (nSPS) is 10.3. The number of nitrogens with zero attached hydrogens (tertiary/aromatic N) is 3. The molecule has 0 saturated heterocycles. The minimum Gasteiger partial charge on any atom is -0.393 e. The Morgan fingerprint density at radius 2 is 2.08 bits per heavy atom. The van der Waals surface area contributed by atoms with Gasteiger partial charge in [0.2, 0.25) is 0 Å². The molecule has 4 N–H and O–H groups in total. The zero-order valence-corrected chi connectivity index (χ0v) is 14.5. The van der Waals surface area contributed by atoms with E-state index in [0.717, 1.165) is 19.4 Å². The van der Waals surface area contributed by atoms with Crippen LogP contribution in [-0.2, 0) is 0 Å². The van der Waals surface area contributed by atoms with Gasteiger partial charge in [-0.3, -0.25) is 15.6 Å². The molecule has 0 aliphatic heterocycles. The summed E-state index contributed by atoms with van der Waals surface area (Å²) in [6, 6.07) is 6.77. The molecule has 0 bridgehead atoms. The van der Waals surface area contributed by atoms with Crippen LogP contribution in [0, 0.1) is 0 Å². The van der Waals surface area contributed by atoms with Crippen LogP contribution in [0.2, 0.25) is 5.02 Å². The van der Waals surface area contributed by atoms with Crippen molar-refractivity contribution >= 4 is 34.8 Å². The number of hydrogen-bond donors (Lipinski definition) is 3. The Labute approximate surface area is 146 Å². The van der Waals surface area contributed by atoms with Gasteiger partial charge in [0.15, 0.2) is 11.6 Å². The summed E-state index contributed by atoms with van der Waals surface area (Å²) in [5.41, 5.74) is 12.1. The lowest BCUT2D eigenvalue weighted by Crippen LogP contribution is -2.31. The van der Waals surface area contributed by atoms with Crippen LogP contribution in [0.1, 0.15) is 30.1 Å². The van der Waals surface area contributed by atoms with Gasteiger partial charge in [-0.2, -0.15) is 0 Å². The van der Waals surface area contributed by atoms with Crippen LogP contribution in [0.15, 0.2) is 30.6 Å². The maximum Gasteiger partial charge on any atom is 0.271 e. The summed E-state index contributed by atoms with van der Waals surface area (Å²) in [6.45, 7) is 2.96. The summed E-state index contributed by atoms with van der Waals surface area (Å²) in [4.78, 5) is 22.4. The van der Waals surface area contributed by atoms with Crippen LogP contribution in [-0.4, -0.2) is 29.5 Å². The highest BCUT2D eigenvalue weighted by molar-refractivity contribution is 6.33. The van der Waals surface area contributed by atoms with E-state index >= 15 is 0 Å². The number of carbonyl (C=O) groups excluding carboxylic acids is 1. The van der Waals surface area contributed by atoms with Gasteiger partial charge in [0, 0.05) is 13.6 Å². The van der Waals surface area contributed by atoms with E-state index in [2.05, 4.69) is 27.7 Å². The first-order valence-electron chi connectivity index (χ1n) is 7.67. The minimum atomic E-state index is -0.375. The maximum atomic E-state index is 12.2. The number of halogens is 1. The second-order valence-corrected chi connectivity index (χ2v) is 5.70. The van der Waals surface area contributed by atoms with Gasteiger partial charge in [0.1, 0.15) is 12.0 Å². The van der Waals surface area contributed by atoms with Crippen molar-refractivity contribution in [3.8, 4) is 0 Å². The van der Waals surface area contributed by atoms with Crippen LogP contribution in [0.5, 0.6) is 0 Å². The van der Waals surface area contributed by atoms with E-state index in [1.165, 1.54) is 6.33 Å². The zero-order chi connectivity index (χ0) is 17.5. The molecule has 2 aromatic rings. The lowest BCUT2D eigenvalue weighted by molar-refractivity contribution is 0.0962. The Bertz CT molecular complexity index is 709. The molecule has 1 aromatic heterocycles. The van der Waals surface area contributed by atoms with Gasteiger partial charge in [-0.25, -0.2) is 9.97 Å². The predicted octanol–water partition coefficient (Wildman–Crippen LogP) is 2.71. The molecule has 128 valence electrons. The van der Waals surface area contributed by atoms with Crippen LogP contribution >= 0.6 is 11.6 Å². The van der Waals surface area contributed by atoms with Crippen molar-refractivity contribution in [3.05, 3.63) is 41.2 Å². The topological polar surface area (TPSA) is 96.2 Å². The predicted molar refractivity (Wildman–Crippen MR) is 97.2 cm³/mol. The molecular weight excluding hydrogens is 328 g/mol. The van der Waals surface area contributed by atoms with Gasteiger partial charge >= 0.3 is 0 Å². The lowest BCUT2D eigenvalue weighted by atomic mass is 10.2. The van der Waals surface area contributed by atoms with E-state index in [4.69, 9.17) is 17.3 Å². The van der Waals surface area contributed by atoms with Crippen LogP contribution in [0.25, 0.3) is 0 Å². The van der Waals surface area contributed by atoms with Crippen LogP contribution in [0.4, 0.5) is 17.3 Å². The fourth-order valence-corrected chi connectivity index (χ4v) is 2.34. The van der Waals surface area contributed by atoms with Gasteiger partial charge in [0.05, 0.1) is 10.6 Å². The van der Waals surface area contributed by atoms with Crippen LogP contribution < -0.4 is 21.5 Å². The fraction of sp³-hybridized carbons (Fsp3) is 0.312. The summed E-state index contributed by atoms with van der Waals surface area (Å²) in [5, 5.41) is 0.368. The Morgan fingerprint density at radius 3 is 2.79 bits per heavy atom. The maximum absolute atomic E-state index is 12.2. The molecule has 0 aliphatic rings. The number of nitrogens with one attached hydrogen (secondary N) is 2. The molecule has 0 saturated carbocycles. The van der Waals surface area contributed by atoms with Crippen LogP contribution in [0.3, 0.4) is 0 Å². The summed E-state index contributed by atoms with van der Waals surface area (Å²) in [5.74, 6) is 0.580. The summed E-state index contributed by atoms with van der Waals surface area (Å²) in [7, 11) is 1.92. The van der Waals surface area contributed by atoms with Crippen molar-refractivity contribution in [1.82, 2.24) is 15.4 Å². The molecule has 7 nitrogen and oxygen atoms in total. The SMILES string of the molecule is CCCCN(C)c1ncnc(NNC(=O)c2ccccc2Cl)c1N. The van der Waals surface area contributed by atoms with E-state index < -0.39 is 0 Å². The third-order valence-corrected chi connectivity index (χ3v) is 3.81. The smallest absolute Gasteiger partial charge is 0.271 e. The number of unbranched alkanes of at least 4 members (excludes halogenated alkanes) is 1. The number of nitrogen functional groups attached to an aromatic ring is 1. The third-order valence-electron chi connectivity index (χ3n) is 3.48. The number of hydrazine groups is 1. The largest absolute Gasteiger partial charge is 0.393 e. The van der Waals surface area contributed by atoms with E-state index in [9.17, 15) is 4.79 Å². The second kappa shape index (κ2) is 8.35. The molecule has 0 fully saturated rings. The van der Waals surface area contributed by atoms with E-state index in [0.29, 0.717) is 27.9 Å². The van der Waals surface area contributed by atoms with E-state index in [1.807, 2.05) is 11.9 Å². The first-order valence-corrected chi connectivity index (χ1v) is 8.04. The number of anilines is 3. The molecular formula is C16H21ClN6O. The quantitative estimate of drug-likeness (QED) is 0.666. The van der Waals surface area contributed by atoms with Crippen molar-refractivity contribution in [2.75, 3.05) is 29.7 Å². The number of rotatable bonds is 7. The van der Waals surface area contributed by atoms with Gasteiger partial charge in [-0.1, -0.05) is 37.1 Å². The fourth-order valence-electron chi connectivity index (χ4n) is 2.12. The third kappa shape index (κ3) is 4.26. The zero-order valence-electron chi connectivity index (χ0n) is 13.7. The second-order valence-electron chi connectivity index (χ2n) is 5.29. The highest BCUT2D eigenvalue weighted by Gasteiger charge is 2.14. The van der Waals surface area contributed by atoms with Gasteiger partial charge in [0.25, 0.3) is 5.91 Å². The van der Waals surface area contributed by atoms with Crippen molar-refractivity contribution in [2.45, 2.75) is 19.8 Å². The number of hydrogen-bond acceptors (Lipinski definition) is 6. The lowest BCUT2D eigenvalue weighted by Gasteiger charge is -2.20. The molecule has 0 radical (unpaired) electrons. The molecule has 2 rings (SSSR count). The molecule has 8 heteroatoms. The number of aromatic nitrogens is 2. The Balaban J connectivity index is 2.08. The Morgan fingerprint density at radius 1 is 1.33 bits per heavy atom. The highest BCUT2D eigenvalue weighted by atomic mass is 35.5. The van der Waals surface area contributed by atoms with Gasteiger partial charge < -0.3 is 10.6 Å². The molecule has 0 spiro atoms. The number of carbonyl (C=O) groups is 1.